The van der Waals surface area contributed by atoms with E-state index in [-0.39, 0.29) is 13.0 Å². The molecule has 1 aliphatic heterocycles. The first-order valence-corrected chi connectivity index (χ1v) is 6.77. The van der Waals surface area contributed by atoms with Gasteiger partial charge >= 0.3 is 12.1 Å². The molecule has 1 aliphatic rings. The summed E-state index contributed by atoms with van der Waals surface area (Å²) < 4.78 is 5.76. The summed E-state index contributed by atoms with van der Waals surface area (Å²) in [4.78, 5) is 27.1. The number of benzene rings is 1. The van der Waals surface area contributed by atoms with Crippen LogP contribution in [-0.4, -0.2) is 50.9 Å². The van der Waals surface area contributed by atoms with E-state index in [4.69, 9.17) is 14.9 Å². The molecule has 1 aromatic carbocycles. The molecule has 2 heterocycles. The fraction of sp³-hybridized carbons (Fsp3) is 0.267. The van der Waals surface area contributed by atoms with E-state index in [2.05, 4.69) is 4.98 Å². The van der Waals surface area contributed by atoms with Crippen LogP contribution in [0.15, 0.2) is 36.7 Å². The molecule has 2 aromatic rings. The molecule has 22 heavy (non-hydrogen) atoms. The van der Waals surface area contributed by atoms with E-state index in [1.54, 1.807) is 18.5 Å². The van der Waals surface area contributed by atoms with Crippen molar-refractivity contribution in [3.05, 3.63) is 36.7 Å². The Bertz CT molecular complexity index is 711. The van der Waals surface area contributed by atoms with E-state index in [1.165, 1.54) is 0 Å². The highest BCUT2D eigenvalue weighted by molar-refractivity contribution is 5.83. The van der Waals surface area contributed by atoms with Gasteiger partial charge in [-0.15, -0.1) is 0 Å². The number of carboxylic acid groups (broad SMARTS) is 2. The van der Waals surface area contributed by atoms with Crippen molar-refractivity contribution in [3.63, 3.8) is 0 Å². The molecule has 0 spiro atoms. The van der Waals surface area contributed by atoms with Crippen LogP contribution in [0.2, 0.25) is 0 Å². The fourth-order valence-electron chi connectivity index (χ4n) is 2.66. The van der Waals surface area contributed by atoms with E-state index >= 15 is 0 Å². The number of likely N-dealkylation sites (tertiary alicyclic amines) is 1. The van der Waals surface area contributed by atoms with Gasteiger partial charge in [0.2, 0.25) is 0 Å². The van der Waals surface area contributed by atoms with E-state index in [1.807, 2.05) is 18.2 Å². The number of carboxylic acids is 1. The molecule has 3 rings (SSSR count). The quantitative estimate of drug-likeness (QED) is 0.897. The van der Waals surface area contributed by atoms with Gasteiger partial charge in [0.1, 0.15) is 17.9 Å². The summed E-state index contributed by atoms with van der Waals surface area (Å²) in [6, 6.07) is 6.24. The number of aliphatic carboxylic acids is 1. The average Bonchev–Trinajstić information content (AvgIpc) is 2.91. The Balaban J connectivity index is 1.77. The number of hydrogen-bond donors (Lipinski definition) is 2. The van der Waals surface area contributed by atoms with Gasteiger partial charge in [-0.3, -0.25) is 9.88 Å². The van der Waals surface area contributed by atoms with Crippen molar-refractivity contribution in [1.29, 1.82) is 0 Å². The monoisotopic (exact) mass is 302 g/mol. The smallest absolute Gasteiger partial charge is 0.408 e. The molecule has 0 unspecified atom stereocenters. The number of pyridine rings is 1. The van der Waals surface area contributed by atoms with Gasteiger partial charge in [0.05, 0.1) is 6.54 Å². The van der Waals surface area contributed by atoms with Crippen LogP contribution in [0.4, 0.5) is 4.79 Å². The van der Waals surface area contributed by atoms with Crippen LogP contribution >= 0.6 is 0 Å². The van der Waals surface area contributed by atoms with Crippen molar-refractivity contribution in [3.8, 4) is 5.75 Å². The van der Waals surface area contributed by atoms with E-state index in [0.29, 0.717) is 5.75 Å². The van der Waals surface area contributed by atoms with Crippen LogP contribution in [0.3, 0.4) is 0 Å². The molecule has 7 heteroatoms. The predicted octanol–water partition coefficient (Wildman–Crippen LogP) is 1.82. The third-order valence-electron chi connectivity index (χ3n) is 3.71. The summed E-state index contributed by atoms with van der Waals surface area (Å²) in [7, 11) is 0. The Morgan fingerprint density at radius 1 is 1.23 bits per heavy atom. The molecule has 0 aliphatic carbocycles. The fourth-order valence-corrected chi connectivity index (χ4v) is 2.66. The first kappa shape index (κ1) is 14.1. The minimum Gasteiger partial charge on any atom is -0.488 e. The summed E-state index contributed by atoms with van der Waals surface area (Å²) in [5.74, 6) is -0.571. The summed E-state index contributed by atoms with van der Waals surface area (Å²) in [5.41, 5.74) is 0. The van der Waals surface area contributed by atoms with Crippen LogP contribution < -0.4 is 4.74 Å². The summed E-state index contributed by atoms with van der Waals surface area (Å²) in [6.45, 7) is 0.0423. The van der Waals surface area contributed by atoms with Crippen LogP contribution in [0.1, 0.15) is 6.42 Å². The van der Waals surface area contributed by atoms with Crippen LogP contribution in [0, 0.1) is 0 Å². The van der Waals surface area contributed by atoms with Gasteiger partial charge in [0.15, 0.2) is 0 Å². The molecule has 2 atom stereocenters. The van der Waals surface area contributed by atoms with Crippen LogP contribution in [-0.2, 0) is 4.79 Å². The zero-order valence-electron chi connectivity index (χ0n) is 11.5. The molecule has 1 aromatic heterocycles. The van der Waals surface area contributed by atoms with E-state index in [9.17, 15) is 9.59 Å². The van der Waals surface area contributed by atoms with Crippen molar-refractivity contribution in [2.45, 2.75) is 18.6 Å². The SMILES string of the molecule is O=C(O)[C@@H]1C[C@@H](Oc2ccc3cnccc3c2)CN1C(=O)O. The van der Waals surface area contributed by atoms with Gasteiger partial charge < -0.3 is 14.9 Å². The number of amides is 1. The van der Waals surface area contributed by atoms with Crippen LogP contribution in [0.25, 0.3) is 10.8 Å². The molecule has 7 nitrogen and oxygen atoms in total. The van der Waals surface area contributed by atoms with Gasteiger partial charge in [-0.2, -0.15) is 0 Å². The molecular weight excluding hydrogens is 288 g/mol. The minimum atomic E-state index is -1.25. The molecule has 0 bridgehead atoms. The zero-order chi connectivity index (χ0) is 15.7. The second-order valence-corrected chi connectivity index (χ2v) is 5.15. The van der Waals surface area contributed by atoms with Gasteiger partial charge in [0, 0.05) is 24.2 Å². The van der Waals surface area contributed by atoms with E-state index in [0.717, 1.165) is 15.7 Å². The number of rotatable bonds is 3. The first-order valence-electron chi connectivity index (χ1n) is 6.77. The predicted molar refractivity (Wildman–Crippen MR) is 76.9 cm³/mol. The Labute approximate surface area is 125 Å². The lowest BCUT2D eigenvalue weighted by Crippen LogP contribution is -2.39. The highest BCUT2D eigenvalue weighted by atomic mass is 16.5. The van der Waals surface area contributed by atoms with Crippen molar-refractivity contribution < 1.29 is 24.5 Å². The topological polar surface area (TPSA) is 100.0 Å². The molecule has 1 saturated heterocycles. The minimum absolute atomic E-state index is 0.0423. The van der Waals surface area contributed by atoms with Gasteiger partial charge in [-0.1, -0.05) is 0 Å². The Hall–Kier alpha value is -2.83. The molecular formula is C15H14N2O5. The maximum atomic E-state index is 11.1. The normalized spacial score (nSPS) is 21.0. The molecule has 0 saturated carbocycles. The molecule has 114 valence electrons. The molecule has 0 radical (unpaired) electrons. The number of aromatic nitrogens is 1. The van der Waals surface area contributed by atoms with Crippen molar-refractivity contribution in [2.75, 3.05) is 6.54 Å². The standard InChI is InChI=1S/C15H14N2O5/c18-14(19)13-6-12(8-17(13)15(20)21)22-11-2-1-10-7-16-4-3-9(10)5-11/h1-5,7,12-13H,6,8H2,(H,18,19)(H,20,21)/t12-,13+/m1/s1. The Kier molecular flexibility index (Phi) is 3.54. The summed E-state index contributed by atoms with van der Waals surface area (Å²) in [5, 5.41) is 20.1. The zero-order valence-corrected chi connectivity index (χ0v) is 11.5. The van der Waals surface area contributed by atoms with Gasteiger partial charge in [-0.25, -0.2) is 9.59 Å². The Morgan fingerprint density at radius 3 is 2.73 bits per heavy atom. The largest absolute Gasteiger partial charge is 0.488 e. The average molecular weight is 302 g/mol. The number of hydrogen-bond acceptors (Lipinski definition) is 4. The second kappa shape index (κ2) is 5.51. The third kappa shape index (κ3) is 2.65. The van der Waals surface area contributed by atoms with Gasteiger partial charge in [-0.05, 0) is 29.7 Å². The maximum absolute atomic E-state index is 11.1. The highest BCUT2D eigenvalue weighted by Gasteiger charge is 2.40. The number of carbonyl (C=O) groups is 2. The first-order chi connectivity index (χ1) is 10.5. The Morgan fingerprint density at radius 2 is 2.05 bits per heavy atom. The second-order valence-electron chi connectivity index (χ2n) is 5.15. The summed E-state index contributed by atoms with van der Waals surface area (Å²) >= 11 is 0. The van der Waals surface area contributed by atoms with Crippen LogP contribution in [0.5, 0.6) is 5.75 Å². The molecule has 2 N–H and O–H groups in total. The number of fused-ring (bicyclic) bond motifs is 1. The van der Waals surface area contributed by atoms with Crippen molar-refractivity contribution in [1.82, 2.24) is 9.88 Å². The van der Waals surface area contributed by atoms with Crippen molar-refractivity contribution in [2.24, 2.45) is 0 Å². The van der Waals surface area contributed by atoms with Gasteiger partial charge in [0.25, 0.3) is 0 Å². The lowest BCUT2D eigenvalue weighted by atomic mass is 10.1. The highest BCUT2D eigenvalue weighted by Crippen LogP contribution is 2.26. The molecule has 1 amide bonds. The summed E-state index contributed by atoms with van der Waals surface area (Å²) in [6.07, 6.45) is 1.82. The lowest BCUT2D eigenvalue weighted by Gasteiger charge is -2.16. The number of ether oxygens (including phenoxy) is 1. The van der Waals surface area contributed by atoms with E-state index < -0.39 is 24.2 Å². The molecule has 1 fully saturated rings. The third-order valence-corrected chi connectivity index (χ3v) is 3.71. The lowest BCUT2D eigenvalue weighted by molar-refractivity contribution is -0.141. The maximum Gasteiger partial charge on any atom is 0.408 e. The van der Waals surface area contributed by atoms with Crippen molar-refractivity contribution >= 4 is 22.8 Å². The number of nitrogens with zero attached hydrogens (tertiary/aromatic N) is 2.